The van der Waals surface area contributed by atoms with Gasteiger partial charge in [-0.05, 0) is 0 Å². The molecule has 0 aromatic carbocycles. The molecular weight excluding hydrogens is 144 g/mol. The summed E-state index contributed by atoms with van der Waals surface area (Å²) in [6.07, 6.45) is 4.10. The lowest BCUT2D eigenvalue weighted by Crippen LogP contribution is -2.16. The van der Waals surface area contributed by atoms with Crippen LogP contribution in [0.1, 0.15) is 6.42 Å². The van der Waals surface area contributed by atoms with Gasteiger partial charge in [0.25, 0.3) is 10.1 Å². The molecule has 1 unspecified atom stereocenters. The maximum absolute atomic E-state index is 10.2. The molecule has 0 aromatic heterocycles. The van der Waals surface area contributed by atoms with Gasteiger partial charge in [0.2, 0.25) is 5.44 Å². The average Bonchev–Trinajstić information content (AvgIpc) is 1.64. The summed E-state index contributed by atoms with van der Waals surface area (Å²) in [5.74, 6) is 1.82. The highest BCUT2D eigenvalue weighted by molar-refractivity contribution is 7.86. The van der Waals surface area contributed by atoms with Crippen molar-refractivity contribution in [2.24, 2.45) is 0 Å². The molecule has 0 aliphatic rings. The zero-order valence-corrected chi connectivity index (χ0v) is 5.26. The van der Waals surface area contributed by atoms with E-state index in [2.05, 4.69) is 6.42 Å². The van der Waals surface area contributed by atoms with E-state index in [9.17, 15) is 13.5 Å². The number of hydrogen-bond acceptors (Lipinski definition) is 2. The van der Waals surface area contributed by atoms with Gasteiger partial charge in [-0.25, -0.2) is 5.11 Å². The summed E-state index contributed by atoms with van der Waals surface area (Å²) >= 11 is 0. The van der Waals surface area contributed by atoms with E-state index < -0.39 is 22.0 Å². The predicted octanol–water partition coefficient (Wildman–Crippen LogP) is -0.346. The van der Waals surface area contributed by atoms with Crippen LogP contribution in [-0.4, -0.2) is 18.4 Å². The molecule has 1 N–H and O–H groups in total. The van der Waals surface area contributed by atoms with E-state index in [1.54, 1.807) is 0 Å². The molecule has 1 radical (unpaired) electrons. The molecule has 0 spiro atoms. The van der Waals surface area contributed by atoms with Crippen LogP contribution in [0, 0.1) is 12.3 Å². The lowest BCUT2D eigenvalue weighted by Gasteiger charge is -1.96. The Kier molecular flexibility index (Phi) is 2.65. The zero-order valence-electron chi connectivity index (χ0n) is 4.44. The minimum Gasteiger partial charge on any atom is -0.283 e. The van der Waals surface area contributed by atoms with Crippen molar-refractivity contribution in [1.82, 2.24) is 0 Å². The minimum absolute atomic E-state index is 0.501. The first kappa shape index (κ1) is 8.43. The third-order valence-electron chi connectivity index (χ3n) is 0.617. The second-order valence-electron chi connectivity index (χ2n) is 1.35. The van der Waals surface area contributed by atoms with E-state index in [1.165, 1.54) is 0 Å². The normalized spacial score (nSPS) is 14.3. The molecule has 0 saturated carbocycles. The lowest BCUT2D eigenvalue weighted by atomic mass is 10.5. The fourth-order valence-electron chi connectivity index (χ4n) is 0.202. The van der Waals surface area contributed by atoms with Crippen molar-refractivity contribution in [2.75, 3.05) is 0 Å². The van der Waals surface area contributed by atoms with Gasteiger partial charge in [0.15, 0.2) is 0 Å². The van der Waals surface area contributed by atoms with Crippen LogP contribution in [0.15, 0.2) is 0 Å². The Morgan fingerprint density at radius 1 is 1.67 bits per heavy atom. The third kappa shape index (κ3) is 3.08. The van der Waals surface area contributed by atoms with Gasteiger partial charge < -0.3 is 0 Å². The Balaban J connectivity index is 4.10. The predicted molar refractivity (Wildman–Crippen MR) is 29.5 cm³/mol. The molecule has 0 heterocycles. The molecule has 5 heteroatoms. The molecule has 9 heavy (non-hydrogen) atoms. The summed E-state index contributed by atoms with van der Waals surface area (Å²) in [7, 11) is -4.46. The van der Waals surface area contributed by atoms with Gasteiger partial charge in [-0.15, -0.1) is 12.3 Å². The lowest BCUT2D eigenvalue weighted by molar-refractivity contribution is 0.149. The highest BCUT2D eigenvalue weighted by Gasteiger charge is 2.19. The van der Waals surface area contributed by atoms with Crippen LogP contribution >= 0.6 is 0 Å². The zero-order chi connectivity index (χ0) is 7.49. The Labute approximate surface area is 53.3 Å². The Hall–Kier alpha value is -0.570. The van der Waals surface area contributed by atoms with E-state index in [-0.39, 0.29) is 0 Å². The second-order valence-corrected chi connectivity index (χ2v) is 2.91. The largest absolute Gasteiger partial charge is 0.296 e. The van der Waals surface area contributed by atoms with Crippen molar-refractivity contribution in [2.45, 2.75) is 11.9 Å². The summed E-state index contributed by atoms with van der Waals surface area (Å²) in [5, 5.41) is 10.2. The molecule has 0 bridgehead atoms. The van der Waals surface area contributed by atoms with Gasteiger partial charge >= 0.3 is 0 Å². The summed E-state index contributed by atoms with van der Waals surface area (Å²) in [5.41, 5.74) is -2.09. The molecule has 0 fully saturated rings. The fraction of sp³-hybridized carbons (Fsp3) is 0.500. The molecule has 51 valence electrons. The Morgan fingerprint density at radius 3 is 2.22 bits per heavy atom. The van der Waals surface area contributed by atoms with Gasteiger partial charge in [-0.3, -0.25) is 4.55 Å². The highest BCUT2D eigenvalue weighted by atomic mass is 32.2. The molecule has 0 aliphatic heterocycles. The van der Waals surface area contributed by atoms with E-state index >= 15 is 0 Å². The molecule has 0 saturated heterocycles. The Morgan fingerprint density at radius 2 is 2.11 bits per heavy atom. The van der Waals surface area contributed by atoms with Crippen molar-refractivity contribution < 1.29 is 18.1 Å². The molecule has 0 amide bonds. The monoisotopic (exact) mass is 149 g/mol. The fourth-order valence-corrected chi connectivity index (χ4v) is 0.508. The first-order chi connectivity index (χ1) is 3.98. The van der Waals surface area contributed by atoms with E-state index in [0.717, 1.165) is 0 Å². The van der Waals surface area contributed by atoms with Crippen LogP contribution in [0.25, 0.3) is 0 Å². The van der Waals surface area contributed by atoms with Crippen molar-refractivity contribution >= 4 is 10.1 Å². The minimum atomic E-state index is -4.46. The topological polar surface area (TPSA) is 74.3 Å². The van der Waals surface area contributed by atoms with E-state index in [4.69, 9.17) is 4.55 Å². The van der Waals surface area contributed by atoms with Gasteiger partial charge in [-0.1, -0.05) is 0 Å². The van der Waals surface area contributed by atoms with Crippen molar-refractivity contribution in [3.63, 3.8) is 0 Å². The highest BCUT2D eigenvalue weighted by Crippen LogP contribution is 1.97. The van der Waals surface area contributed by atoms with Crippen molar-refractivity contribution in [3.8, 4) is 12.3 Å². The average molecular weight is 149 g/mol. The number of rotatable bonds is 2. The molecule has 1 atom stereocenters. The summed E-state index contributed by atoms with van der Waals surface area (Å²) in [6, 6.07) is 0. The number of hydrogen-bond donors (Lipinski definition) is 1. The molecular formula is C4H5O4S. The number of terminal acetylenes is 1. The SMILES string of the molecule is C#CCC([O])S(=O)(=O)O. The van der Waals surface area contributed by atoms with Gasteiger partial charge in [0.05, 0.1) is 6.42 Å². The van der Waals surface area contributed by atoms with E-state index in [0.29, 0.717) is 0 Å². The first-order valence-electron chi connectivity index (χ1n) is 2.04. The Bertz CT molecular complexity index is 209. The third-order valence-corrected chi connectivity index (χ3v) is 1.45. The maximum Gasteiger partial charge on any atom is 0.296 e. The summed E-state index contributed by atoms with van der Waals surface area (Å²) in [6.45, 7) is 0. The summed E-state index contributed by atoms with van der Waals surface area (Å²) in [4.78, 5) is 0. The smallest absolute Gasteiger partial charge is 0.283 e. The molecule has 0 rings (SSSR count). The quantitative estimate of drug-likeness (QED) is 0.431. The van der Waals surface area contributed by atoms with Crippen LogP contribution in [0.2, 0.25) is 0 Å². The summed E-state index contributed by atoms with van der Waals surface area (Å²) < 4.78 is 27.7. The van der Waals surface area contributed by atoms with E-state index in [1.807, 2.05) is 5.92 Å². The maximum atomic E-state index is 10.2. The second kappa shape index (κ2) is 2.82. The van der Waals surface area contributed by atoms with Crippen molar-refractivity contribution in [3.05, 3.63) is 0 Å². The molecule has 0 aliphatic carbocycles. The molecule has 4 nitrogen and oxygen atoms in total. The van der Waals surface area contributed by atoms with Gasteiger partial charge in [0, 0.05) is 0 Å². The van der Waals surface area contributed by atoms with Crippen LogP contribution in [-0.2, 0) is 15.2 Å². The van der Waals surface area contributed by atoms with Crippen LogP contribution < -0.4 is 0 Å². The standard InChI is InChI=1S/C4H5O4S/c1-2-3-4(5)9(6,7)8/h1,4H,3H2,(H,6,7,8). The van der Waals surface area contributed by atoms with Crippen LogP contribution in [0.5, 0.6) is 0 Å². The first-order valence-corrected chi connectivity index (χ1v) is 3.54. The van der Waals surface area contributed by atoms with Crippen LogP contribution in [0.3, 0.4) is 0 Å². The van der Waals surface area contributed by atoms with Crippen molar-refractivity contribution in [1.29, 1.82) is 0 Å². The van der Waals surface area contributed by atoms with Gasteiger partial charge in [-0.2, -0.15) is 8.42 Å². The van der Waals surface area contributed by atoms with Crippen LogP contribution in [0.4, 0.5) is 0 Å². The van der Waals surface area contributed by atoms with Gasteiger partial charge in [0.1, 0.15) is 0 Å². The molecule has 0 aromatic rings.